The normalized spacial score (nSPS) is 14.9. The monoisotopic (exact) mass is 354 g/mol. The number of fused-ring (bicyclic) bond motifs is 1. The molecule has 3 aromatic rings. The summed E-state index contributed by atoms with van der Waals surface area (Å²) in [7, 11) is 0. The van der Waals surface area contributed by atoms with Crippen LogP contribution >= 0.6 is 11.6 Å². The van der Waals surface area contributed by atoms with Crippen molar-refractivity contribution in [2.24, 2.45) is 0 Å². The molecule has 0 unspecified atom stereocenters. The molecule has 25 heavy (non-hydrogen) atoms. The number of pyridine rings is 1. The molecule has 0 atom stereocenters. The minimum atomic E-state index is -0.0361. The molecule has 1 aliphatic heterocycles. The zero-order valence-corrected chi connectivity index (χ0v) is 14.8. The van der Waals surface area contributed by atoms with E-state index in [2.05, 4.69) is 10.1 Å². The molecule has 1 saturated heterocycles. The molecule has 1 aromatic carbocycles. The standard InChI is InChI=1S/C19H19ClN4O/c1-13-16-17(20)15(19(25)23-10-6-3-7-11-23)12-21-18(16)24(22-13)14-8-4-2-5-9-14/h2,4-5,8-9,12H,3,6-7,10-11H2,1H3. The summed E-state index contributed by atoms with van der Waals surface area (Å²) in [4.78, 5) is 19.2. The molecular weight excluding hydrogens is 336 g/mol. The van der Waals surface area contributed by atoms with Crippen molar-refractivity contribution in [3.63, 3.8) is 0 Å². The van der Waals surface area contributed by atoms with Crippen molar-refractivity contribution in [3.8, 4) is 5.69 Å². The number of halogens is 1. The predicted molar refractivity (Wildman–Crippen MR) is 98.4 cm³/mol. The van der Waals surface area contributed by atoms with Gasteiger partial charge in [0.1, 0.15) is 0 Å². The van der Waals surface area contributed by atoms with Crippen molar-refractivity contribution >= 4 is 28.5 Å². The maximum absolute atomic E-state index is 12.8. The lowest BCUT2D eigenvalue weighted by Crippen LogP contribution is -2.35. The third kappa shape index (κ3) is 2.78. The number of hydrogen-bond acceptors (Lipinski definition) is 3. The molecule has 1 fully saturated rings. The van der Waals surface area contributed by atoms with Gasteiger partial charge in [-0.2, -0.15) is 5.10 Å². The number of benzene rings is 1. The van der Waals surface area contributed by atoms with E-state index in [0.717, 1.165) is 42.7 Å². The van der Waals surface area contributed by atoms with Crippen molar-refractivity contribution in [1.29, 1.82) is 0 Å². The number of hydrogen-bond donors (Lipinski definition) is 0. The lowest BCUT2D eigenvalue weighted by atomic mass is 10.1. The first-order valence-corrected chi connectivity index (χ1v) is 8.93. The maximum Gasteiger partial charge on any atom is 0.256 e. The van der Waals surface area contributed by atoms with Gasteiger partial charge in [-0.25, -0.2) is 9.67 Å². The van der Waals surface area contributed by atoms with E-state index in [9.17, 15) is 4.79 Å². The highest BCUT2D eigenvalue weighted by Crippen LogP contribution is 2.31. The Morgan fingerprint density at radius 1 is 1.12 bits per heavy atom. The highest BCUT2D eigenvalue weighted by molar-refractivity contribution is 6.38. The molecule has 0 saturated carbocycles. The second-order valence-corrected chi connectivity index (χ2v) is 6.75. The molecule has 1 aliphatic rings. The van der Waals surface area contributed by atoms with Gasteiger partial charge in [-0.3, -0.25) is 4.79 Å². The SMILES string of the molecule is Cc1nn(-c2ccccc2)c2ncc(C(=O)N3CCCCC3)c(Cl)c12. The van der Waals surface area contributed by atoms with Crippen molar-refractivity contribution < 1.29 is 4.79 Å². The van der Waals surface area contributed by atoms with Gasteiger partial charge in [-0.05, 0) is 38.3 Å². The van der Waals surface area contributed by atoms with Gasteiger partial charge in [0.15, 0.2) is 5.65 Å². The van der Waals surface area contributed by atoms with Gasteiger partial charge in [-0.1, -0.05) is 29.8 Å². The number of carbonyl (C=O) groups is 1. The number of piperidine rings is 1. The van der Waals surface area contributed by atoms with E-state index < -0.39 is 0 Å². The quantitative estimate of drug-likeness (QED) is 0.698. The van der Waals surface area contributed by atoms with Crippen LogP contribution in [0.3, 0.4) is 0 Å². The van der Waals surface area contributed by atoms with Crippen LogP contribution in [0.15, 0.2) is 36.5 Å². The number of carbonyl (C=O) groups excluding carboxylic acids is 1. The number of aryl methyl sites for hydroxylation is 1. The fourth-order valence-corrected chi connectivity index (χ4v) is 3.72. The number of amides is 1. The van der Waals surface area contributed by atoms with Gasteiger partial charge < -0.3 is 4.90 Å². The van der Waals surface area contributed by atoms with Gasteiger partial charge in [0.25, 0.3) is 5.91 Å². The van der Waals surface area contributed by atoms with Crippen LogP contribution in [0.4, 0.5) is 0 Å². The summed E-state index contributed by atoms with van der Waals surface area (Å²) in [5, 5.41) is 5.77. The molecule has 1 amide bonds. The van der Waals surface area contributed by atoms with E-state index in [1.54, 1.807) is 10.9 Å². The van der Waals surface area contributed by atoms with Crippen molar-refractivity contribution in [2.45, 2.75) is 26.2 Å². The molecular formula is C19H19ClN4O. The molecule has 2 aromatic heterocycles. The Bertz CT molecular complexity index is 929. The highest BCUT2D eigenvalue weighted by atomic mass is 35.5. The molecule has 0 N–H and O–H groups in total. The van der Waals surface area contributed by atoms with E-state index in [-0.39, 0.29) is 5.91 Å². The first kappa shape index (κ1) is 16.1. The average Bonchev–Trinajstić information content (AvgIpc) is 3.00. The first-order chi connectivity index (χ1) is 12.2. The first-order valence-electron chi connectivity index (χ1n) is 8.55. The third-order valence-electron chi connectivity index (χ3n) is 4.68. The van der Waals surface area contributed by atoms with Crippen molar-refractivity contribution in [1.82, 2.24) is 19.7 Å². The van der Waals surface area contributed by atoms with E-state index in [4.69, 9.17) is 11.6 Å². The van der Waals surface area contributed by atoms with Crippen LogP contribution in [0.5, 0.6) is 0 Å². The Labute approximate surface area is 151 Å². The number of likely N-dealkylation sites (tertiary alicyclic amines) is 1. The van der Waals surface area contributed by atoms with Crippen LogP contribution in [0, 0.1) is 6.92 Å². The molecule has 4 rings (SSSR count). The third-order valence-corrected chi connectivity index (χ3v) is 5.07. The minimum Gasteiger partial charge on any atom is -0.339 e. The van der Waals surface area contributed by atoms with Crippen molar-refractivity contribution in [3.05, 3.63) is 52.8 Å². The van der Waals surface area contributed by atoms with Gasteiger partial charge in [0.05, 0.1) is 27.4 Å². The molecule has 0 bridgehead atoms. The molecule has 0 aliphatic carbocycles. The van der Waals surface area contributed by atoms with Crippen LogP contribution in [0.2, 0.25) is 5.02 Å². The summed E-state index contributed by atoms with van der Waals surface area (Å²) in [6.45, 7) is 3.47. The lowest BCUT2D eigenvalue weighted by Gasteiger charge is -2.27. The van der Waals surface area contributed by atoms with E-state index in [1.165, 1.54) is 6.42 Å². The predicted octanol–water partition coefficient (Wildman–Crippen LogP) is 4.01. The fourth-order valence-electron chi connectivity index (χ4n) is 3.37. The number of nitrogens with zero attached hydrogens (tertiary/aromatic N) is 4. The summed E-state index contributed by atoms with van der Waals surface area (Å²) in [6, 6.07) is 9.79. The zero-order chi connectivity index (χ0) is 17.4. The molecule has 5 nitrogen and oxygen atoms in total. The summed E-state index contributed by atoms with van der Waals surface area (Å²) in [6.07, 6.45) is 4.86. The van der Waals surface area contributed by atoms with Gasteiger partial charge in [-0.15, -0.1) is 0 Å². The second-order valence-electron chi connectivity index (χ2n) is 6.37. The van der Waals surface area contributed by atoms with E-state index in [0.29, 0.717) is 16.2 Å². The summed E-state index contributed by atoms with van der Waals surface area (Å²) in [5.41, 5.74) is 2.82. The maximum atomic E-state index is 12.8. The molecule has 128 valence electrons. The summed E-state index contributed by atoms with van der Waals surface area (Å²) in [5.74, 6) is -0.0361. The number of aromatic nitrogens is 3. The van der Waals surface area contributed by atoms with Gasteiger partial charge >= 0.3 is 0 Å². The summed E-state index contributed by atoms with van der Waals surface area (Å²) < 4.78 is 1.77. The molecule has 3 heterocycles. The smallest absolute Gasteiger partial charge is 0.256 e. The van der Waals surface area contributed by atoms with Crippen LogP contribution in [0.25, 0.3) is 16.7 Å². The Morgan fingerprint density at radius 2 is 1.84 bits per heavy atom. The Kier molecular flexibility index (Phi) is 4.17. The average molecular weight is 355 g/mol. The molecule has 6 heteroatoms. The van der Waals surface area contributed by atoms with Crippen LogP contribution in [-0.2, 0) is 0 Å². The highest BCUT2D eigenvalue weighted by Gasteiger charge is 2.24. The molecule has 0 spiro atoms. The zero-order valence-electron chi connectivity index (χ0n) is 14.1. The van der Waals surface area contributed by atoms with Crippen LogP contribution in [-0.4, -0.2) is 38.7 Å². The van der Waals surface area contributed by atoms with E-state index >= 15 is 0 Å². The Morgan fingerprint density at radius 3 is 2.56 bits per heavy atom. The van der Waals surface area contributed by atoms with Crippen LogP contribution < -0.4 is 0 Å². The summed E-state index contributed by atoms with van der Waals surface area (Å²) >= 11 is 6.62. The second kappa shape index (κ2) is 6.48. The van der Waals surface area contributed by atoms with Gasteiger partial charge in [0, 0.05) is 19.3 Å². The largest absolute Gasteiger partial charge is 0.339 e. The van der Waals surface area contributed by atoms with E-state index in [1.807, 2.05) is 42.2 Å². The van der Waals surface area contributed by atoms with Crippen molar-refractivity contribution in [2.75, 3.05) is 13.1 Å². The fraction of sp³-hybridized carbons (Fsp3) is 0.316. The number of para-hydroxylation sites is 1. The topological polar surface area (TPSA) is 51.0 Å². The lowest BCUT2D eigenvalue weighted by molar-refractivity contribution is 0.0724. The van der Waals surface area contributed by atoms with Gasteiger partial charge in [0.2, 0.25) is 0 Å². The Balaban J connectivity index is 1.81. The van der Waals surface area contributed by atoms with Crippen LogP contribution in [0.1, 0.15) is 35.3 Å². The minimum absolute atomic E-state index is 0.0361. The molecule has 0 radical (unpaired) electrons. The Hall–Kier alpha value is -2.40. The number of rotatable bonds is 2.